The van der Waals surface area contributed by atoms with Gasteiger partial charge >= 0.3 is 0 Å². The van der Waals surface area contributed by atoms with E-state index in [-0.39, 0.29) is 11.2 Å². The number of nitrogens with one attached hydrogen (secondary N) is 1. The van der Waals surface area contributed by atoms with Crippen LogP contribution in [0.25, 0.3) is 5.69 Å². The SMILES string of the molecule is COc1ccccc1-n1cnnc1SC(C)C(=O)NC1CCCC1. The molecule has 1 aromatic heterocycles. The van der Waals surface area contributed by atoms with E-state index < -0.39 is 0 Å². The van der Waals surface area contributed by atoms with E-state index in [1.54, 1.807) is 13.4 Å². The summed E-state index contributed by atoms with van der Waals surface area (Å²) in [7, 11) is 1.63. The third kappa shape index (κ3) is 3.72. The quantitative estimate of drug-likeness (QED) is 0.815. The monoisotopic (exact) mass is 346 g/mol. The van der Waals surface area contributed by atoms with Gasteiger partial charge < -0.3 is 10.1 Å². The molecule has 1 atom stereocenters. The average Bonchev–Trinajstić information content (AvgIpc) is 3.26. The number of methoxy groups -OCH3 is 1. The Morgan fingerprint density at radius 3 is 2.88 bits per heavy atom. The lowest BCUT2D eigenvalue weighted by Gasteiger charge is -2.16. The summed E-state index contributed by atoms with van der Waals surface area (Å²) < 4.78 is 7.25. The molecule has 1 unspecified atom stereocenters. The van der Waals surface area contributed by atoms with E-state index in [1.807, 2.05) is 35.8 Å². The van der Waals surface area contributed by atoms with Crippen LogP contribution in [0.3, 0.4) is 0 Å². The zero-order valence-corrected chi connectivity index (χ0v) is 14.8. The van der Waals surface area contributed by atoms with E-state index in [1.165, 1.54) is 24.6 Å². The second kappa shape index (κ2) is 7.70. The molecule has 3 rings (SSSR count). The zero-order valence-electron chi connectivity index (χ0n) is 13.9. The molecule has 2 aromatic rings. The van der Waals surface area contributed by atoms with Crippen LogP contribution in [0.4, 0.5) is 0 Å². The van der Waals surface area contributed by atoms with Crippen LogP contribution < -0.4 is 10.1 Å². The number of para-hydroxylation sites is 2. The van der Waals surface area contributed by atoms with Crippen molar-refractivity contribution in [2.24, 2.45) is 0 Å². The molecule has 0 aliphatic heterocycles. The molecule has 0 radical (unpaired) electrons. The highest BCUT2D eigenvalue weighted by atomic mass is 32.2. The van der Waals surface area contributed by atoms with E-state index in [4.69, 9.17) is 4.74 Å². The van der Waals surface area contributed by atoms with Crippen molar-refractivity contribution in [1.29, 1.82) is 0 Å². The Balaban J connectivity index is 1.72. The number of benzene rings is 1. The molecule has 6 nitrogen and oxygen atoms in total. The van der Waals surface area contributed by atoms with Gasteiger partial charge in [-0.15, -0.1) is 10.2 Å². The van der Waals surface area contributed by atoms with Gasteiger partial charge in [0.15, 0.2) is 5.16 Å². The number of carbonyl (C=O) groups excluding carboxylic acids is 1. The number of hydrogen-bond donors (Lipinski definition) is 1. The molecule has 24 heavy (non-hydrogen) atoms. The summed E-state index contributed by atoms with van der Waals surface area (Å²) in [5.74, 6) is 0.795. The molecule has 1 saturated carbocycles. The lowest BCUT2D eigenvalue weighted by Crippen LogP contribution is -2.37. The van der Waals surface area contributed by atoms with Gasteiger partial charge in [-0.1, -0.05) is 36.7 Å². The lowest BCUT2D eigenvalue weighted by atomic mass is 10.2. The Hall–Kier alpha value is -2.02. The molecular formula is C17H22N4O2S. The number of carbonyl (C=O) groups is 1. The first-order chi connectivity index (χ1) is 11.7. The van der Waals surface area contributed by atoms with Crippen LogP contribution in [-0.2, 0) is 4.79 Å². The number of ether oxygens (including phenoxy) is 1. The lowest BCUT2D eigenvalue weighted by molar-refractivity contribution is -0.120. The summed E-state index contributed by atoms with van der Waals surface area (Å²) in [4.78, 5) is 12.4. The first-order valence-electron chi connectivity index (χ1n) is 8.19. The number of amides is 1. The first kappa shape index (κ1) is 16.8. The molecular weight excluding hydrogens is 324 g/mol. The first-order valence-corrected chi connectivity index (χ1v) is 9.07. The van der Waals surface area contributed by atoms with Crippen molar-refractivity contribution >= 4 is 17.7 Å². The van der Waals surface area contributed by atoms with Gasteiger partial charge in [-0.05, 0) is 31.9 Å². The molecule has 1 aromatic carbocycles. The highest BCUT2D eigenvalue weighted by molar-refractivity contribution is 8.00. The molecule has 0 spiro atoms. The van der Waals surface area contributed by atoms with Gasteiger partial charge in [0.1, 0.15) is 12.1 Å². The minimum absolute atomic E-state index is 0.0569. The third-order valence-corrected chi connectivity index (χ3v) is 5.27. The number of hydrogen-bond acceptors (Lipinski definition) is 5. The molecule has 1 fully saturated rings. The van der Waals surface area contributed by atoms with Crippen molar-refractivity contribution in [3.63, 3.8) is 0 Å². The molecule has 1 amide bonds. The van der Waals surface area contributed by atoms with Crippen molar-refractivity contribution in [1.82, 2.24) is 20.1 Å². The molecule has 1 aliphatic rings. The molecule has 128 valence electrons. The van der Waals surface area contributed by atoms with Crippen LogP contribution in [-0.4, -0.2) is 39.1 Å². The normalized spacial score (nSPS) is 16.1. The summed E-state index contributed by atoms with van der Waals surface area (Å²) in [6.45, 7) is 1.90. The second-order valence-corrected chi connectivity index (χ2v) is 7.21. The number of rotatable bonds is 6. The van der Waals surface area contributed by atoms with Crippen LogP contribution in [0, 0.1) is 0 Å². The minimum atomic E-state index is -0.233. The fourth-order valence-corrected chi connectivity index (χ4v) is 3.74. The summed E-state index contributed by atoms with van der Waals surface area (Å²) in [6.07, 6.45) is 6.21. The molecule has 1 heterocycles. The number of nitrogens with zero attached hydrogens (tertiary/aromatic N) is 3. The van der Waals surface area contributed by atoms with Gasteiger partial charge in [0.25, 0.3) is 0 Å². The summed E-state index contributed by atoms with van der Waals surface area (Å²) in [6, 6.07) is 8.00. The highest BCUT2D eigenvalue weighted by Gasteiger charge is 2.23. The largest absolute Gasteiger partial charge is 0.495 e. The smallest absolute Gasteiger partial charge is 0.233 e. The van der Waals surface area contributed by atoms with Crippen LogP contribution in [0.15, 0.2) is 35.7 Å². The zero-order chi connectivity index (χ0) is 16.9. The van der Waals surface area contributed by atoms with Gasteiger partial charge in [-0.3, -0.25) is 9.36 Å². The molecule has 0 saturated heterocycles. The van der Waals surface area contributed by atoms with Crippen molar-refractivity contribution in [3.05, 3.63) is 30.6 Å². The van der Waals surface area contributed by atoms with E-state index in [9.17, 15) is 4.79 Å². The Morgan fingerprint density at radius 1 is 1.38 bits per heavy atom. The maximum absolute atomic E-state index is 12.4. The molecule has 1 aliphatic carbocycles. The Bertz CT molecular complexity index is 697. The van der Waals surface area contributed by atoms with E-state index >= 15 is 0 Å². The van der Waals surface area contributed by atoms with Gasteiger partial charge in [0.2, 0.25) is 5.91 Å². The van der Waals surface area contributed by atoms with Gasteiger partial charge in [-0.2, -0.15) is 0 Å². The van der Waals surface area contributed by atoms with Gasteiger partial charge in [0.05, 0.1) is 18.0 Å². The van der Waals surface area contributed by atoms with Gasteiger partial charge in [0, 0.05) is 6.04 Å². The maximum Gasteiger partial charge on any atom is 0.233 e. The number of thioether (sulfide) groups is 1. The Morgan fingerprint density at radius 2 is 2.12 bits per heavy atom. The standard InChI is InChI=1S/C17H22N4O2S/c1-12(16(22)19-13-7-3-4-8-13)24-17-20-18-11-21(17)14-9-5-6-10-15(14)23-2/h5-6,9-13H,3-4,7-8H2,1-2H3,(H,19,22). The fourth-order valence-electron chi connectivity index (χ4n) is 2.90. The predicted octanol–water partition coefficient (Wildman–Crippen LogP) is 2.82. The topological polar surface area (TPSA) is 69.0 Å². The van der Waals surface area contributed by atoms with Crippen LogP contribution in [0.5, 0.6) is 5.75 Å². The average molecular weight is 346 g/mol. The molecule has 7 heteroatoms. The highest BCUT2D eigenvalue weighted by Crippen LogP contribution is 2.29. The number of aromatic nitrogens is 3. The van der Waals surface area contributed by atoms with E-state index in [2.05, 4.69) is 15.5 Å². The maximum atomic E-state index is 12.4. The van der Waals surface area contributed by atoms with Crippen molar-refractivity contribution in [2.45, 2.75) is 49.1 Å². The fraction of sp³-hybridized carbons (Fsp3) is 0.471. The van der Waals surface area contributed by atoms with Crippen molar-refractivity contribution in [2.75, 3.05) is 7.11 Å². The molecule has 0 bridgehead atoms. The summed E-state index contributed by atoms with van der Waals surface area (Å²) in [5, 5.41) is 11.7. The second-order valence-electron chi connectivity index (χ2n) is 5.91. The van der Waals surface area contributed by atoms with Crippen LogP contribution in [0.1, 0.15) is 32.6 Å². The third-order valence-electron chi connectivity index (χ3n) is 4.21. The van der Waals surface area contributed by atoms with Crippen LogP contribution >= 0.6 is 11.8 Å². The van der Waals surface area contributed by atoms with E-state index in [0.29, 0.717) is 11.2 Å². The Kier molecular flexibility index (Phi) is 5.40. The Labute approximate surface area is 146 Å². The summed E-state index contributed by atoms with van der Waals surface area (Å²) in [5.41, 5.74) is 0.857. The van der Waals surface area contributed by atoms with Crippen molar-refractivity contribution < 1.29 is 9.53 Å². The summed E-state index contributed by atoms with van der Waals surface area (Å²) >= 11 is 1.40. The molecule has 1 N–H and O–H groups in total. The minimum Gasteiger partial charge on any atom is -0.495 e. The van der Waals surface area contributed by atoms with Crippen molar-refractivity contribution in [3.8, 4) is 11.4 Å². The van der Waals surface area contributed by atoms with Gasteiger partial charge in [-0.25, -0.2) is 0 Å². The van der Waals surface area contributed by atoms with E-state index in [0.717, 1.165) is 24.3 Å². The van der Waals surface area contributed by atoms with Crippen LogP contribution in [0.2, 0.25) is 0 Å². The predicted molar refractivity (Wildman–Crippen MR) is 93.6 cm³/mol.